The van der Waals surface area contributed by atoms with Crippen LogP contribution in [0.1, 0.15) is 61.7 Å². The highest BCUT2D eigenvalue weighted by Crippen LogP contribution is 2.59. The predicted molar refractivity (Wildman–Crippen MR) is 127 cm³/mol. The van der Waals surface area contributed by atoms with Crippen molar-refractivity contribution in [2.75, 3.05) is 24.5 Å². The second-order valence-corrected chi connectivity index (χ2v) is 11.4. The minimum absolute atomic E-state index is 0.0769. The highest BCUT2D eigenvalue weighted by atomic mass is 35.5. The van der Waals surface area contributed by atoms with Gasteiger partial charge in [0, 0.05) is 25.0 Å². The van der Waals surface area contributed by atoms with Crippen molar-refractivity contribution in [3.05, 3.63) is 34.9 Å². The van der Waals surface area contributed by atoms with Crippen LogP contribution in [0.5, 0.6) is 0 Å². The van der Waals surface area contributed by atoms with E-state index in [4.69, 9.17) is 16.6 Å². The molecule has 1 aromatic heterocycles. The van der Waals surface area contributed by atoms with Gasteiger partial charge in [-0.05, 0) is 98.8 Å². The van der Waals surface area contributed by atoms with Crippen LogP contribution >= 0.6 is 11.6 Å². The van der Waals surface area contributed by atoms with E-state index in [1.54, 1.807) is 6.07 Å². The minimum atomic E-state index is -0.213. The summed E-state index contributed by atoms with van der Waals surface area (Å²) in [5.41, 5.74) is 1.63. The number of benzene rings is 1. The lowest BCUT2D eigenvalue weighted by Gasteiger charge is -2.56. The average Bonchev–Trinajstić information content (AvgIpc) is 2.77. The van der Waals surface area contributed by atoms with Crippen molar-refractivity contribution in [1.82, 2.24) is 10.3 Å². The molecule has 0 radical (unpaired) electrons. The largest absolute Gasteiger partial charge is 0.393 e. The van der Waals surface area contributed by atoms with Crippen molar-refractivity contribution in [3.8, 4) is 0 Å². The van der Waals surface area contributed by atoms with Gasteiger partial charge in [0.1, 0.15) is 5.82 Å². The summed E-state index contributed by atoms with van der Waals surface area (Å²) in [6, 6.07) is 7.65. The Kier molecular flexibility index (Phi) is 5.10. The van der Waals surface area contributed by atoms with Crippen molar-refractivity contribution < 1.29 is 9.90 Å². The van der Waals surface area contributed by atoms with Gasteiger partial charge in [0.2, 0.25) is 0 Å². The molecule has 1 aliphatic heterocycles. The molecule has 6 heteroatoms. The number of halogens is 1. The van der Waals surface area contributed by atoms with Gasteiger partial charge in [0.05, 0.1) is 22.2 Å². The molecule has 32 heavy (non-hydrogen) atoms. The number of carbonyl (C=O) groups excluding carboxylic acids is 1. The third-order valence-electron chi connectivity index (χ3n) is 8.61. The fourth-order valence-corrected chi connectivity index (χ4v) is 7.78. The number of amides is 1. The molecule has 170 valence electrons. The van der Waals surface area contributed by atoms with Crippen LogP contribution < -0.4 is 10.2 Å². The summed E-state index contributed by atoms with van der Waals surface area (Å²) < 4.78 is 0. The topological polar surface area (TPSA) is 65.5 Å². The molecule has 4 aliphatic carbocycles. The van der Waals surface area contributed by atoms with Gasteiger partial charge in [-0.1, -0.05) is 11.6 Å². The number of hydrogen-bond acceptors (Lipinski definition) is 4. The molecule has 0 atom stereocenters. The monoisotopic (exact) mass is 453 g/mol. The van der Waals surface area contributed by atoms with E-state index >= 15 is 0 Å². The third kappa shape index (κ3) is 3.67. The number of hydrogen-bond donors (Lipinski definition) is 2. The predicted octanol–water partition coefficient (Wildman–Crippen LogP) is 4.80. The first-order valence-electron chi connectivity index (χ1n) is 12.3. The summed E-state index contributed by atoms with van der Waals surface area (Å²) in [5.74, 6) is 3.44. The van der Waals surface area contributed by atoms with Crippen LogP contribution in [0, 0.1) is 23.2 Å². The van der Waals surface area contributed by atoms with E-state index in [1.165, 1.54) is 38.5 Å². The summed E-state index contributed by atoms with van der Waals surface area (Å²) in [4.78, 5) is 20.4. The van der Waals surface area contributed by atoms with E-state index < -0.39 is 0 Å². The van der Waals surface area contributed by atoms with Crippen molar-refractivity contribution in [2.45, 2.75) is 57.5 Å². The second-order valence-electron chi connectivity index (χ2n) is 11.0. The highest BCUT2D eigenvalue weighted by molar-refractivity contribution is 6.35. The Labute approximate surface area is 194 Å². The third-order valence-corrected chi connectivity index (χ3v) is 8.93. The van der Waals surface area contributed by atoms with Crippen molar-refractivity contribution in [3.63, 3.8) is 0 Å². The van der Waals surface area contributed by atoms with E-state index in [-0.39, 0.29) is 12.0 Å². The number of aliphatic hydroxyl groups is 1. The van der Waals surface area contributed by atoms with Gasteiger partial charge >= 0.3 is 0 Å². The molecule has 2 N–H and O–H groups in total. The zero-order valence-corrected chi connectivity index (χ0v) is 19.3. The van der Waals surface area contributed by atoms with Crippen LogP contribution in [0.4, 0.5) is 5.82 Å². The number of nitrogens with zero attached hydrogens (tertiary/aromatic N) is 2. The molecule has 4 bridgehead atoms. The van der Waals surface area contributed by atoms with Crippen LogP contribution in [0.3, 0.4) is 0 Å². The van der Waals surface area contributed by atoms with Gasteiger partial charge in [-0.15, -0.1) is 0 Å². The molecule has 4 saturated carbocycles. The molecule has 5 fully saturated rings. The van der Waals surface area contributed by atoms with Gasteiger partial charge in [-0.3, -0.25) is 4.79 Å². The summed E-state index contributed by atoms with van der Waals surface area (Å²) in [6.45, 7) is 2.36. The lowest BCUT2D eigenvalue weighted by atomic mass is 9.49. The first kappa shape index (κ1) is 20.7. The molecular formula is C26H32ClN3O2. The number of rotatable bonds is 4. The first-order valence-corrected chi connectivity index (χ1v) is 12.7. The number of anilines is 1. The summed E-state index contributed by atoms with van der Waals surface area (Å²) >= 11 is 6.53. The standard InChI is InChI=1S/C26H32ClN3O2/c27-21-2-3-22-20(1-4-23(29-22)30-7-5-19(31)6-8-30)24(21)25(32)28-15-26-12-16-9-17(13-26)11-18(10-16)14-26/h1-4,16-19,31H,5-15H2,(H,28,32). The van der Waals surface area contributed by atoms with Crippen LogP contribution in [-0.2, 0) is 0 Å². The van der Waals surface area contributed by atoms with E-state index in [0.29, 0.717) is 16.0 Å². The molecule has 5 nitrogen and oxygen atoms in total. The Morgan fingerprint density at radius 2 is 1.72 bits per heavy atom. The SMILES string of the molecule is O=C(NCC12CC3CC(CC(C3)C1)C2)c1c(Cl)ccc2nc(N3CCC(O)CC3)ccc12. The quantitative estimate of drug-likeness (QED) is 0.698. The van der Waals surface area contributed by atoms with E-state index in [0.717, 1.165) is 67.0 Å². The van der Waals surface area contributed by atoms with Gasteiger partial charge in [-0.2, -0.15) is 0 Å². The molecule has 1 amide bonds. The summed E-state index contributed by atoms with van der Waals surface area (Å²) in [7, 11) is 0. The van der Waals surface area contributed by atoms with Crippen molar-refractivity contribution in [1.29, 1.82) is 0 Å². The number of nitrogens with one attached hydrogen (secondary N) is 1. The molecule has 0 unspecified atom stereocenters. The number of carbonyl (C=O) groups is 1. The second kappa shape index (κ2) is 7.88. The Balaban J connectivity index is 1.22. The maximum atomic E-state index is 13.3. The molecule has 2 heterocycles. The van der Waals surface area contributed by atoms with Crippen molar-refractivity contribution in [2.24, 2.45) is 23.2 Å². The van der Waals surface area contributed by atoms with Gasteiger partial charge in [0.15, 0.2) is 0 Å². The molecule has 7 rings (SSSR count). The number of pyridine rings is 1. The fourth-order valence-electron chi connectivity index (χ4n) is 7.53. The zero-order chi connectivity index (χ0) is 21.9. The number of piperidine rings is 1. The van der Waals surface area contributed by atoms with E-state index in [9.17, 15) is 9.90 Å². The van der Waals surface area contributed by atoms with E-state index in [1.807, 2.05) is 18.2 Å². The van der Waals surface area contributed by atoms with E-state index in [2.05, 4.69) is 10.2 Å². The minimum Gasteiger partial charge on any atom is -0.393 e. The Morgan fingerprint density at radius 1 is 1.06 bits per heavy atom. The fraction of sp³-hybridized carbons (Fsp3) is 0.615. The molecule has 1 saturated heterocycles. The molecular weight excluding hydrogens is 422 g/mol. The zero-order valence-electron chi connectivity index (χ0n) is 18.5. The lowest BCUT2D eigenvalue weighted by Crippen LogP contribution is -2.51. The molecule has 5 aliphatic rings. The number of fused-ring (bicyclic) bond motifs is 1. The smallest absolute Gasteiger partial charge is 0.253 e. The Bertz CT molecular complexity index is 1010. The average molecular weight is 454 g/mol. The van der Waals surface area contributed by atoms with Crippen molar-refractivity contribution >= 4 is 34.2 Å². The number of aromatic nitrogens is 1. The summed E-state index contributed by atoms with van der Waals surface area (Å²) in [6.07, 6.45) is 9.37. The van der Waals surface area contributed by atoms with Gasteiger partial charge in [0.25, 0.3) is 5.91 Å². The molecule has 0 spiro atoms. The Hall–Kier alpha value is -1.85. The lowest BCUT2D eigenvalue weighted by molar-refractivity contribution is -0.0503. The normalized spacial score (nSPS) is 31.9. The summed E-state index contributed by atoms with van der Waals surface area (Å²) in [5, 5.41) is 14.4. The molecule has 2 aromatic rings. The molecule has 1 aromatic carbocycles. The van der Waals surface area contributed by atoms with Crippen LogP contribution in [0.25, 0.3) is 10.9 Å². The highest BCUT2D eigenvalue weighted by Gasteiger charge is 2.50. The van der Waals surface area contributed by atoms with Crippen LogP contribution in [-0.4, -0.2) is 41.7 Å². The van der Waals surface area contributed by atoms with Gasteiger partial charge in [-0.25, -0.2) is 4.98 Å². The number of aliphatic hydroxyl groups excluding tert-OH is 1. The Morgan fingerprint density at radius 3 is 2.38 bits per heavy atom. The van der Waals surface area contributed by atoms with Crippen LogP contribution in [0.2, 0.25) is 5.02 Å². The van der Waals surface area contributed by atoms with Gasteiger partial charge < -0.3 is 15.3 Å². The maximum absolute atomic E-state index is 13.3. The van der Waals surface area contributed by atoms with Crippen LogP contribution in [0.15, 0.2) is 24.3 Å². The first-order chi connectivity index (χ1) is 15.5. The maximum Gasteiger partial charge on any atom is 0.253 e.